The zero-order valence-corrected chi connectivity index (χ0v) is 13.8. The Bertz CT molecular complexity index is 669. The Balaban J connectivity index is 2.75. The molecule has 0 saturated carbocycles. The van der Waals surface area contributed by atoms with Crippen molar-refractivity contribution in [2.75, 3.05) is 5.73 Å². The van der Waals surface area contributed by atoms with Crippen molar-refractivity contribution < 1.29 is 4.39 Å². The van der Waals surface area contributed by atoms with Gasteiger partial charge in [0.2, 0.25) is 0 Å². The van der Waals surface area contributed by atoms with E-state index >= 15 is 0 Å². The molecule has 2 aromatic rings. The van der Waals surface area contributed by atoms with Crippen LogP contribution in [0, 0.1) is 5.82 Å². The molecule has 1 aromatic heterocycles. The molecule has 0 saturated heterocycles. The summed E-state index contributed by atoms with van der Waals surface area (Å²) >= 11 is 5.86. The minimum atomic E-state index is -0.486. The van der Waals surface area contributed by atoms with Gasteiger partial charge in [-0.05, 0) is 32.9 Å². The molecule has 0 aliphatic heterocycles. The summed E-state index contributed by atoms with van der Waals surface area (Å²) in [5.74, 6) is 1.00. The van der Waals surface area contributed by atoms with E-state index in [1.807, 2.05) is 18.4 Å². The van der Waals surface area contributed by atoms with Crippen LogP contribution in [0.3, 0.4) is 0 Å². The lowest BCUT2D eigenvalue weighted by Crippen LogP contribution is -2.26. The van der Waals surface area contributed by atoms with E-state index in [1.54, 1.807) is 12.1 Å². The van der Waals surface area contributed by atoms with Crippen molar-refractivity contribution in [2.45, 2.75) is 46.1 Å². The molecule has 1 aromatic carbocycles. The minimum Gasteiger partial charge on any atom is -0.383 e. The summed E-state index contributed by atoms with van der Waals surface area (Å²) in [7, 11) is 0. The predicted molar refractivity (Wildman–Crippen MR) is 86.1 cm³/mol. The second kappa shape index (κ2) is 5.34. The van der Waals surface area contributed by atoms with Crippen LogP contribution in [0.1, 0.15) is 46.4 Å². The fraction of sp³-hybridized carbons (Fsp3) is 0.438. The van der Waals surface area contributed by atoms with Gasteiger partial charge in [0.25, 0.3) is 0 Å². The van der Waals surface area contributed by atoms with Gasteiger partial charge in [-0.25, -0.2) is 9.37 Å². The molecule has 1 heterocycles. The monoisotopic (exact) mass is 309 g/mol. The summed E-state index contributed by atoms with van der Waals surface area (Å²) in [6.45, 7) is 10.2. The first-order valence-corrected chi connectivity index (χ1v) is 7.35. The number of anilines is 1. The number of hydrogen-bond donors (Lipinski definition) is 1. The first-order valence-electron chi connectivity index (χ1n) is 6.97. The van der Waals surface area contributed by atoms with E-state index in [0.717, 1.165) is 5.82 Å². The number of rotatable bonds is 2. The first-order chi connectivity index (χ1) is 9.64. The molecule has 0 atom stereocenters. The highest BCUT2D eigenvalue weighted by Gasteiger charge is 2.27. The van der Waals surface area contributed by atoms with E-state index in [-0.39, 0.29) is 16.5 Å². The maximum atomic E-state index is 14.3. The van der Waals surface area contributed by atoms with Crippen molar-refractivity contribution in [3.63, 3.8) is 0 Å². The van der Waals surface area contributed by atoms with Crippen molar-refractivity contribution in [3.8, 4) is 11.3 Å². The fourth-order valence-corrected chi connectivity index (χ4v) is 2.60. The Kier molecular flexibility index (Phi) is 4.02. The molecule has 0 aliphatic rings. The highest BCUT2D eigenvalue weighted by molar-refractivity contribution is 6.31. The molecule has 0 amide bonds. The number of benzene rings is 1. The van der Waals surface area contributed by atoms with Gasteiger partial charge in [0.05, 0.1) is 5.02 Å². The number of aromatic nitrogens is 2. The molecule has 0 aliphatic carbocycles. The second-order valence-electron chi connectivity index (χ2n) is 6.47. The molecule has 0 fully saturated rings. The van der Waals surface area contributed by atoms with Crippen LogP contribution >= 0.6 is 11.6 Å². The number of halogens is 2. The molecular weight excluding hydrogens is 289 g/mol. The lowest BCUT2D eigenvalue weighted by molar-refractivity contribution is 0.382. The second-order valence-corrected chi connectivity index (χ2v) is 6.87. The smallest absolute Gasteiger partial charge is 0.151 e. The van der Waals surface area contributed by atoms with Crippen molar-refractivity contribution >= 4 is 17.4 Å². The molecule has 2 rings (SSSR count). The minimum absolute atomic E-state index is 0.0725. The molecule has 2 N–H and O–H groups in total. The number of nitrogen functional groups attached to an aromatic ring is 1. The van der Waals surface area contributed by atoms with Gasteiger partial charge in [0.1, 0.15) is 17.3 Å². The molecule has 0 radical (unpaired) electrons. The third-order valence-electron chi connectivity index (χ3n) is 3.33. The Morgan fingerprint density at radius 2 is 1.90 bits per heavy atom. The highest BCUT2D eigenvalue weighted by Crippen LogP contribution is 2.36. The van der Waals surface area contributed by atoms with E-state index in [1.165, 1.54) is 6.07 Å². The van der Waals surface area contributed by atoms with Gasteiger partial charge in [-0.15, -0.1) is 0 Å². The average Bonchev–Trinajstić information content (AvgIpc) is 2.70. The molecule has 0 unspecified atom stereocenters. The fourth-order valence-electron chi connectivity index (χ4n) is 2.43. The largest absolute Gasteiger partial charge is 0.383 e. The number of nitrogens with two attached hydrogens (primary N) is 1. The zero-order valence-electron chi connectivity index (χ0n) is 13.0. The van der Waals surface area contributed by atoms with Crippen LogP contribution in [0.5, 0.6) is 0 Å². The summed E-state index contributed by atoms with van der Waals surface area (Å²) in [5.41, 5.74) is 6.83. The van der Waals surface area contributed by atoms with E-state index in [0.29, 0.717) is 17.1 Å². The van der Waals surface area contributed by atoms with Gasteiger partial charge in [0, 0.05) is 17.0 Å². The maximum absolute atomic E-state index is 14.3. The molecule has 114 valence electrons. The standard InChI is InChI=1S/C16H21ClFN3/c1-9(2)15-20-13(14(19)21(15)16(3,4)5)10-7-6-8-11(17)12(10)18/h6-9H,19H2,1-5H3. The van der Waals surface area contributed by atoms with Gasteiger partial charge in [-0.2, -0.15) is 0 Å². The average molecular weight is 310 g/mol. The SMILES string of the molecule is CC(C)c1nc(-c2cccc(Cl)c2F)c(N)n1C(C)(C)C. The van der Waals surface area contributed by atoms with Crippen LogP contribution in [-0.2, 0) is 5.54 Å². The molecule has 21 heavy (non-hydrogen) atoms. The summed E-state index contributed by atoms with van der Waals surface area (Å²) < 4.78 is 16.2. The van der Waals surface area contributed by atoms with Crippen LogP contribution < -0.4 is 5.73 Å². The molecule has 0 spiro atoms. The maximum Gasteiger partial charge on any atom is 0.151 e. The highest BCUT2D eigenvalue weighted by atomic mass is 35.5. The Morgan fingerprint density at radius 3 is 2.38 bits per heavy atom. The van der Waals surface area contributed by atoms with E-state index in [2.05, 4.69) is 25.8 Å². The van der Waals surface area contributed by atoms with Crippen LogP contribution in [0.4, 0.5) is 10.2 Å². The van der Waals surface area contributed by atoms with Crippen LogP contribution in [0.2, 0.25) is 5.02 Å². The van der Waals surface area contributed by atoms with E-state index in [9.17, 15) is 4.39 Å². The normalized spacial score (nSPS) is 12.2. The Hall–Kier alpha value is -1.55. The number of hydrogen-bond acceptors (Lipinski definition) is 2. The third-order valence-corrected chi connectivity index (χ3v) is 3.62. The van der Waals surface area contributed by atoms with Crippen molar-refractivity contribution in [2.24, 2.45) is 0 Å². The molecule has 0 bridgehead atoms. The van der Waals surface area contributed by atoms with Crippen molar-refractivity contribution in [3.05, 3.63) is 34.9 Å². The lowest BCUT2D eigenvalue weighted by atomic mass is 10.1. The third kappa shape index (κ3) is 2.77. The van der Waals surface area contributed by atoms with Crippen molar-refractivity contribution in [1.29, 1.82) is 0 Å². The van der Waals surface area contributed by atoms with Crippen LogP contribution in [0.25, 0.3) is 11.3 Å². The van der Waals surface area contributed by atoms with E-state index in [4.69, 9.17) is 17.3 Å². The van der Waals surface area contributed by atoms with Gasteiger partial charge in [-0.3, -0.25) is 0 Å². The first kappa shape index (κ1) is 15.8. The van der Waals surface area contributed by atoms with Gasteiger partial charge in [-0.1, -0.05) is 31.5 Å². The van der Waals surface area contributed by atoms with Crippen molar-refractivity contribution in [1.82, 2.24) is 9.55 Å². The van der Waals surface area contributed by atoms with Gasteiger partial charge >= 0.3 is 0 Å². The van der Waals surface area contributed by atoms with Gasteiger partial charge < -0.3 is 10.3 Å². The lowest BCUT2D eigenvalue weighted by Gasteiger charge is -2.26. The number of imidazole rings is 1. The topological polar surface area (TPSA) is 43.8 Å². The van der Waals surface area contributed by atoms with Crippen LogP contribution in [-0.4, -0.2) is 9.55 Å². The van der Waals surface area contributed by atoms with E-state index < -0.39 is 5.82 Å². The molecule has 5 heteroatoms. The summed E-state index contributed by atoms with van der Waals surface area (Å²) in [5, 5.41) is 0.0725. The summed E-state index contributed by atoms with van der Waals surface area (Å²) in [4.78, 5) is 4.59. The zero-order chi connectivity index (χ0) is 15.9. The molecular formula is C16H21ClFN3. The summed E-state index contributed by atoms with van der Waals surface area (Å²) in [6.07, 6.45) is 0. The molecule has 3 nitrogen and oxygen atoms in total. The predicted octanol–water partition coefficient (Wildman–Crippen LogP) is 4.80. The van der Waals surface area contributed by atoms with Crippen LogP contribution in [0.15, 0.2) is 18.2 Å². The Morgan fingerprint density at radius 1 is 1.29 bits per heavy atom. The van der Waals surface area contributed by atoms with Gasteiger partial charge in [0.15, 0.2) is 5.82 Å². The Labute approximate surface area is 129 Å². The number of nitrogens with zero attached hydrogens (tertiary/aromatic N) is 2. The quantitative estimate of drug-likeness (QED) is 0.865. The summed E-state index contributed by atoms with van der Waals surface area (Å²) in [6, 6.07) is 4.86.